The van der Waals surface area contributed by atoms with Crippen molar-refractivity contribution in [3.05, 3.63) is 41.2 Å². The molecular weight excluding hydrogens is 290 g/mol. The van der Waals surface area contributed by atoms with Crippen LogP contribution in [-0.4, -0.2) is 35.4 Å². The fraction of sp³-hybridized carbons (Fsp3) is 0.500. The van der Waals surface area contributed by atoms with Crippen LogP contribution in [0.4, 0.5) is 0 Å². The zero-order valence-electron chi connectivity index (χ0n) is 13.7. The van der Waals surface area contributed by atoms with Gasteiger partial charge in [0.2, 0.25) is 0 Å². The summed E-state index contributed by atoms with van der Waals surface area (Å²) in [6.07, 6.45) is 2.57. The molecule has 2 aliphatic rings. The summed E-state index contributed by atoms with van der Waals surface area (Å²) in [6, 6.07) is 8.73. The molecule has 5 heteroatoms. The molecule has 1 fully saturated rings. The molecule has 0 spiro atoms. The standard InChI is InChI=1S/C18H23N3O2/c1-12(14-5-6-17-18(9-14)23-8-7-22-17)21(2)11-15-10-16(20-19-15)13-3-4-13/h5-6,9-10,12-13H,3-4,7-8,11H2,1-2H3,(H,19,20)/t12-/m0/s1. The number of aromatic amines is 1. The first-order valence-corrected chi connectivity index (χ1v) is 8.34. The van der Waals surface area contributed by atoms with E-state index < -0.39 is 0 Å². The maximum atomic E-state index is 5.69. The van der Waals surface area contributed by atoms with Gasteiger partial charge in [-0.15, -0.1) is 0 Å². The van der Waals surface area contributed by atoms with Gasteiger partial charge in [0, 0.05) is 24.2 Å². The van der Waals surface area contributed by atoms with Gasteiger partial charge in [-0.3, -0.25) is 10.00 Å². The molecule has 1 atom stereocenters. The Hall–Kier alpha value is -2.01. The van der Waals surface area contributed by atoms with Crippen LogP contribution in [0.1, 0.15) is 48.7 Å². The molecule has 0 saturated heterocycles. The minimum absolute atomic E-state index is 0.290. The van der Waals surface area contributed by atoms with Gasteiger partial charge in [0.15, 0.2) is 11.5 Å². The molecule has 1 aromatic carbocycles. The summed E-state index contributed by atoms with van der Waals surface area (Å²) in [5, 5.41) is 7.61. The summed E-state index contributed by atoms with van der Waals surface area (Å²) in [4.78, 5) is 2.32. The maximum Gasteiger partial charge on any atom is 0.161 e. The van der Waals surface area contributed by atoms with E-state index in [-0.39, 0.29) is 0 Å². The van der Waals surface area contributed by atoms with Crippen LogP contribution in [0.5, 0.6) is 11.5 Å². The summed E-state index contributed by atoms with van der Waals surface area (Å²) in [7, 11) is 2.14. The molecule has 1 N–H and O–H groups in total. The van der Waals surface area contributed by atoms with Gasteiger partial charge in [-0.2, -0.15) is 5.10 Å². The van der Waals surface area contributed by atoms with Crippen LogP contribution in [0, 0.1) is 0 Å². The van der Waals surface area contributed by atoms with Crippen LogP contribution < -0.4 is 9.47 Å². The Balaban J connectivity index is 1.45. The van der Waals surface area contributed by atoms with Gasteiger partial charge < -0.3 is 9.47 Å². The fourth-order valence-corrected chi connectivity index (χ4v) is 3.03. The summed E-state index contributed by atoms with van der Waals surface area (Å²) in [5.74, 6) is 2.39. The van der Waals surface area contributed by atoms with E-state index in [4.69, 9.17) is 9.47 Å². The minimum Gasteiger partial charge on any atom is -0.486 e. The molecule has 1 aliphatic heterocycles. The Morgan fingerprint density at radius 1 is 1.22 bits per heavy atom. The predicted molar refractivity (Wildman–Crippen MR) is 87.9 cm³/mol. The number of ether oxygens (including phenoxy) is 2. The first kappa shape index (κ1) is 14.6. The van der Waals surface area contributed by atoms with Crippen molar-refractivity contribution >= 4 is 0 Å². The molecule has 4 rings (SSSR count). The van der Waals surface area contributed by atoms with Crippen molar-refractivity contribution < 1.29 is 9.47 Å². The highest BCUT2D eigenvalue weighted by Gasteiger charge is 2.26. The van der Waals surface area contributed by atoms with Crippen molar-refractivity contribution in [2.75, 3.05) is 20.3 Å². The van der Waals surface area contributed by atoms with Gasteiger partial charge in [0.05, 0.1) is 5.69 Å². The number of nitrogens with zero attached hydrogens (tertiary/aromatic N) is 2. The average Bonchev–Trinajstić information content (AvgIpc) is 3.33. The highest BCUT2D eigenvalue weighted by atomic mass is 16.6. The van der Waals surface area contributed by atoms with Gasteiger partial charge in [-0.1, -0.05) is 6.07 Å². The van der Waals surface area contributed by atoms with Crippen molar-refractivity contribution in [2.24, 2.45) is 0 Å². The van der Waals surface area contributed by atoms with E-state index in [1.54, 1.807) is 0 Å². The lowest BCUT2D eigenvalue weighted by Gasteiger charge is -2.26. The van der Waals surface area contributed by atoms with Crippen molar-refractivity contribution in [1.29, 1.82) is 0 Å². The zero-order chi connectivity index (χ0) is 15.8. The van der Waals surface area contributed by atoms with Crippen LogP contribution in [0.15, 0.2) is 24.3 Å². The Labute approximate surface area is 136 Å². The van der Waals surface area contributed by atoms with Crippen LogP contribution in [-0.2, 0) is 6.54 Å². The second kappa shape index (κ2) is 5.89. The minimum atomic E-state index is 0.290. The number of hydrogen-bond acceptors (Lipinski definition) is 4. The third kappa shape index (κ3) is 3.06. The van der Waals surface area contributed by atoms with Crippen molar-refractivity contribution in [2.45, 2.75) is 38.3 Å². The molecule has 122 valence electrons. The summed E-state index contributed by atoms with van der Waals surface area (Å²) < 4.78 is 11.3. The zero-order valence-corrected chi connectivity index (χ0v) is 13.7. The molecule has 0 bridgehead atoms. The lowest BCUT2D eigenvalue weighted by Crippen LogP contribution is -2.22. The van der Waals surface area contributed by atoms with Crippen LogP contribution in [0.2, 0.25) is 0 Å². The normalized spacial score (nSPS) is 18.2. The number of benzene rings is 1. The third-order valence-electron chi connectivity index (χ3n) is 4.78. The van der Waals surface area contributed by atoms with Crippen LogP contribution in [0.3, 0.4) is 0 Å². The Bertz CT molecular complexity index is 693. The lowest BCUT2D eigenvalue weighted by atomic mass is 10.1. The predicted octanol–water partition coefficient (Wildman–Crippen LogP) is 3.25. The number of H-pyrrole nitrogens is 1. The Morgan fingerprint density at radius 2 is 2.00 bits per heavy atom. The smallest absolute Gasteiger partial charge is 0.161 e. The van der Waals surface area contributed by atoms with E-state index in [9.17, 15) is 0 Å². The molecule has 1 aromatic heterocycles. The second-order valence-electron chi connectivity index (χ2n) is 6.59. The number of hydrogen-bond donors (Lipinski definition) is 1. The second-order valence-corrected chi connectivity index (χ2v) is 6.59. The lowest BCUT2D eigenvalue weighted by molar-refractivity contribution is 0.170. The molecule has 5 nitrogen and oxygen atoms in total. The first-order chi connectivity index (χ1) is 11.2. The van der Waals surface area contributed by atoms with E-state index >= 15 is 0 Å². The van der Waals surface area contributed by atoms with Crippen molar-refractivity contribution in [3.63, 3.8) is 0 Å². The van der Waals surface area contributed by atoms with E-state index in [1.165, 1.54) is 29.8 Å². The molecule has 0 amide bonds. The van der Waals surface area contributed by atoms with E-state index in [2.05, 4.69) is 47.3 Å². The molecule has 2 heterocycles. The Kier molecular flexibility index (Phi) is 3.73. The number of rotatable bonds is 5. The van der Waals surface area contributed by atoms with Gasteiger partial charge in [-0.25, -0.2) is 0 Å². The van der Waals surface area contributed by atoms with Crippen molar-refractivity contribution in [1.82, 2.24) is 15.1 Å². The van der Waals surface area contributed by atoms with E-state index in [0.29, 0.717) is 25.2 Å². The molecule has 1 aliphatic carbocycles. The monoisotopic (exact) mass is 313 g/mol. The van der Waals surface area contributed by atoms with E-state index in [0.717, 1.165) is 18.0 Å². The first-order valence-electron chi connectivity index (χ1n) is 8.34. The summed E-state index contributed by atoms with van der Waals surface area (Å²) in [6.45, 7) is 4.32. The number of nitrogens with one attached hydrogen (secondary N) is 1. The molecular formula is C18H23N3O2. The Morgan fingerprint density at radius 3 is 2.78 bits per heavy atom. The number of aromatic nitrogens is 2. The molecule has 1 saturated carbocycles. The van der Waals surface area contributed by atoms with Crippen LogP contribution in [0.25, 0.3) is 0 Å². The SMILES string of the molecule is C[C@@H](c1ccc2c(c1)OCCO2)N(C)Cc1cc(C2CC2)n[nH]1. The van der Waals surface area contributed by atoms with E-state index in [1.807, 2.05) is 6.07 Å². The van der Waals surface area contributed by atoms with Crippen LogP contribution >= 0.6 is 0 Å². The van der Waals surface area contributed by atoms with Gasteiger partial charge in [0.1, 0.15) is 13.2 Å². The highest BCUT2D eigenvalue weighted by molar-refractivity contribution is 5.44. The third-order valence-corrected chi connectivity index (χ3v) is 4.78. The molecule has 23 heavy (non-hydrogen) atoms. The van der Waals surface area contributed by atoms with Crippen molar-refractivity contribution in [3.8, 4) is 11.5 Å². The fourth-order valence-electron chi connectivity index (χ4n) is 3.03. The maximum absolute atomic E-state index is 5.69. The summed E-state index contributed by atoms with van der Waals surface area (Å²) in [5.41, 5.74) is 3.64. The quantitative estimate of drug-likeness (QED) is 0.920. The largest absolute Gasteiger partial charge is 0.486 e. The average molecular weight is 313 g/mol. The summed E-state index contributed by atoms with van der Waals surface area (Å²) >= 11 is 0. The van der Waals surface area contributed by atoms with Gasteiger partial charge in [0.25, 0.3) is 0 Å². The molecule has 0 unspecified atom stereocenters. The molecule has 2 aromatic rings. The van der Waals surface area contributed by atoms with Gasteiger partial charge >= 0.3 is 0 Å². The molecule has 0 radical (unpaired) electrons. The highest BCUT2D eigenvalue weighted by Crippen LogP contribution is 2.39. The number of fused-ring (bicyclic) bond motifs is 1. The van der Waals surface area contributed by atoms with Gasteiger partial charge in [-0.05, 0) is 50.6 Å². The topological polar surface area (TPSA) is 50.4 Å².